The second-order valence-corrected chi connectivity index (χ2v) is 4.47. The summed E-state index contributed by atoms with van der Waals surface area (Å²) >= 11 is 1.93. The fourth-order valence-corrected chi connectivity index (χ4v) is 1.24. The Kier molecular flexibility index (Phi) is 5.29. The molecule has 0 spiro atoms. The third-order valence-electron chi connectivity index (χ3n) is 1.40. The predicted octanol–water partition coefficient (Wildman–Crippen LogP) is 1.70. The molecule has 0 saturated heterocycles. The van der Waals surface area contributed by atoms with Crippen molar-refractivity contribution < 1.29 is 10.2 Å². The number of rotatable bonds is 4. The second kappa shape index (κ2) is 5.11. The van der Waals surface area contributed by atoms with Gasteiger partial charge in [0.25, 0.3) is 0 Å². The van der Waals surface area contributed by atoms with E-state index in [4.69, 9.17) is 0 Å². The Labute approximate surface area is 81.5 Å². The number of aliphatic hydroxyl groups is 2. The van der Waals surface area contributed by atoms with Crippen molar-refractivity contribution in [1.29, 1.82) is 0 Å². The van der Waals surface area contributed by atoms with Crippen LogP contribution in [0, 0.1) is 5.92 Å². The summed E-state index contributed by atoms with van der Waals surface area (Å²) in [7, 11) is 0. The summed E-state index contributed by atoms with van der Waals surface area (Å²) in [6.45, 7) is 7.57. The van der Waals surface area contributed by atoms with Gasteiger partial charge < -0.3 is 10.2 Å². The van der Waals surface area contributed by atoms with E-state index in [1.807, 2.05) is 36.4 Å². The highest BCUT2D eigenvalue weighted by Crippen LogP contribution is 2.16. The second-order valence-electron chi connectivity index (χ2n) is 3.09. The van der Waals surface area contributed by atoms with Gasteiger partial charge in [0.1, 0.15) is 6.10 Å². The first-order chi connectivity index (χ1) is 4.95. The normalized spacial score (nSPS) is 16.5. The van der Waals surface area contributed by atoms with E-state index in [1.165, 1.54) is 0 Å². The Hall–Kier alpha value is 0.390. The molecule has 66 valence electrons. The lowest BCUT2D eigenvalue weighted by atomic mass is 10.0. The topological polar surface area (TPSA) is 40.5 Å². The molecule has 0 rings (SSSR count). The molecule has 0 radical (unpaired) electrons. The van der Waals surface area contributed by atoms with Crippen LogP contribution in [0.1, 0.15) is 20.3 Å². The maximum atomic E-state index is 9.34. The van der Waals surface area contributed by atoms with Crippen LogP contribution in [0.25, 0.3) is 0 Å². The SMILES string of the molecule is C=C(I)[C@@H](O)[C@@H](O)CC(C)C. The molecule has 3 heteroatoms. The molecule has 0 aliphatic carbocycles. The Morgan fingerprint density at radius 3 is 2.18 bits per heavy atom. The highest BCUT2D eigenvalue weighted by Gasteiger charge is 2.18. The zero-order chi connectivity index (χ0) is 9.02. The van der Waals surface area contributed by atoms with E-state index < -0.39 is 12.2 Å². The highest BCUT2D eigenvalue weighted by atomic mass is 127. The molecule has 0 aliphatic rings. The summed E-state index contributed by atoms with van der Waals surface area (Å²) < 4.78 is 0.593. The van der Waals surface area contributed by atoms with Crippen molar-refractivity contribution in [3.63, 3.8) is 0 Å². The first kappa shape index (κ1) is 11.4. The monoisotopic (exact) mass is 270 g/mol. The van der Waals surface area contributed by atoms with E-state index in [2.05, 4.69) is 6.58 Å². The average molecular weight is 270 g/mol. The highest BCUT2D eigenvalue weighted by molar-refractivity contribution is 14.1. The smallest absolute Gasteiger partial charge is 0.110 e. The van der Waals surface area contributed by atoms with Crippen LogP contribution in [0.3, 0.4) is 0 Å². The van der Waals surface area contributed by atoms with Crippen LogP contribution in [0.5, 0.6) is 0 Å². The van der Waals surface area contributed by atoms with Gasteiger partial charge in [-0.1, -0.05) is 20.4 Å². The largest absolute Gasteiger partial charge is 0.390 e. The molecule has 2 nitrogen and oxygen atoms in total. The molecule has 0 aromatic carbocycles. The van der Waals surface area contributed by atoms with E-state index in [1.54, 1.807) is 0 Å². The molecule has 0 unspecified atom stereocenters. The summed E-state index contributed by atoms with van der Waals surface area (Å²) in [5, 5.41) is 18.6. The number of halogens is 1. The van der Waals surface area contributed by atoms with Crippen molar-refractivity contribution >= 4 is 22.6 Å². The van der Waals surface area contributed by atoms with E-state index in [-0.39, 0.29) is 0 Å². The minimum atomic E-state index is -0.780. The number of hydrogen-bond donors (Lipinski definition) is 2. The van der Waals surface area contributed by atoms with Crippen LogP contribution in [0.4, 0.5) is 0 Å². The van der Waals surface area contributed by atoms with E-state index in [0.29, 0.717) is 15.9 Å². The van der Waals surface area contributed by atoms with Crippen molar-refractivity contribution in [3.8, 4) is 0 Å². The maximum Gasteiger partial charge on any atom is 0.110 e. The van der Waals surface area contributed by atoms with Gasteiger partial charge in [0, 0.05) is 3.58 Å². The van der Waals surface area contributed by atoms with Gasteiger partial charge in [-0.15, -0.1) is 0 Å². The molecular formula is C8H15IO2. The Morgan fingerprint density at radius 1 is 1.45 bits per heavy atom. The predicted molar refractivity (Wildman–Crippen MR) is 54.6 cm³/mol. The fourth-order valence-electron chi connectivity index (χ4n) is 0.821. The van der Waals surface area contributed by atoms with Gasteiger partial charge in [0.15, 0.2) is 0 Å². The number of aliphatic hydroxyl groups excluding tert-OH is 2. The molecule has 0 aliphatic heterocycles. The van der Waals surface area contributed by atoms with Crippen molar-refractivity contribution in [2.24, 2.45) is 5.92 Å². The lowest BCUT2D eigenvalue weighted by Crippen LogP contribution is -2.27. The van der Waals surface area contributed by atoms with Gasteiger partial charge >= 0.3 is 0 Å². The van der Waals surface area contributed by atoms with Crippen molar-refractivity contribution in [2.75, 3.05) is 0 Å². The molecule has 0 saturated carbocycles. The van der Waals surface area contributed by atoms with Crippen LogP contribution in [0.2, 0.25) is 0 Å². The summed E-state index contributed by atoms with van der Waals surface area (Å²) in [6.07, 6.45) is -0.833. The quantitative estimate of drug-likeness (QED) is 0.763. The molecule has 0 bridgehead atoms. The zero-order valence-corrected chi connectivity index (χ0v) is 9.08. The first-order valence-electron chi connectivity index (χ1n) is 3.65. The zero-order valence-electron chi connectivity index (χ0n) is 6.92. The summed E-state index contributed by atoms with van der Waals surface area (Å²) in [5.41, 5.74) is 0. The van der Waals surface area contributed by atoms with Crippen molar-refractivity contribution in [1.82, 2.24) is 0 Å². The molecule has 0 fully saturated rings. The van der Waals surface area contributed by atoms with Crippen LogP contribution >= 0.6 is 22.6 Å². The lowest BCUT2D eigenvalue weighted by molar-refractivity contribution is 0.0343. The van der Waals surface area contributed by atoms with Crippen LogP contribution in [0.15, 0.2) is 10.2 Å². The molecular weight excluding hydrogens is 255 g/mol. The van der Waals surface area contributed by atoms with E-state index in [9.17, 15) is 10.2 Å². The van der Waals surface area contributed by atoms with E-state index >= 15 is 0 Å². The molecule has 0 aromatic rings. The van der Waals surface area contributed by atoms with Crippen LogP contribution < -0.4 is 0 Å². The third kappa shape index (κ3) is 4.76. The fraction of sp³-hybridized carbons (Fsp3) is 0.750. The lowest BCUT2D eigenvalue weighted by Gasteiger charge is -2.18. The molecule has 2 N–H and O–H groups in total. The maximum absolute atomic E-state index is 9.34. The van der Waals surface area contributed by atoms with Crippen LogP contribution in [-0.2, 0) is 0 Å². The van der Waals surface area contributed by atoms with Gasteiger partial charge in [-0.25, -0.2) is 0 Å². The molecule has 0 aromatic heterocycles. The third-order valence-corrected chi connectivity index (χ3v) is 2.04. The number of hydrogen-bond acceptors (Lipinski definition) is 2. The van der Waals surface area contributed by atoms with Gasteiger partial charge in [0.05, 0.1) is 6.10 Å². The van der Waals surface area contributed by atoms with Crippen molar-refractivity contribution in [2.45, 2.75) is 32.5 Å². The minimum Gasteiger partial charge on any atom is -0.390 e. The average Bonchev–Trinajstić information content (AvgIpc) is 1.84. The Bertz CT molecular complexity index is 134. The summed E-state index contributed by atoms with van der Waals surface area (Å²) in [5.74, 6) is 0.399. The standard InChI is InChI=1S/C8H15IO2/c1-5(2)4-7(10)8(11)6(3)9/h5,7-8,10-11H,3-4H2,1-2H3/t7-,8+/m0/s1. The summed E-state index contributed by atoms with van der Waals surface area (Å²) in [4.78, 5) is 0. The first-order valence-corrected chi connectivity index (χ1v) is 4.73. The Balaban J connectivity index is 3.82. The van der Waals surface area contributed by atoms with Gasteiger partial charge in [0.2, 0.25) is 0 Å². The molecule has 11 heavy (non-hydrogen) atoms. The van der Waals surface area contributed by atoms with Crippen LogP contribution in [-0.4, -0.2) is 22.4 Å². The van der Waals surface area contributed by atoms with Gasteiger partial charge in [-0.3, -0.25) is 0 Å². The minimum absolute atomic E-state index is 0.399. The van der Waals surface area contributed by atoms with Gasteiger partial charge in [-0.05, 0) is 34.9 Å². The summed E-state index contributed by atoms with van der Waals surface area (Å²) in [6, 6.07) is 0. The Morgan fingerprint density at radius 2 is 1.91 bits per heavy atom. The molecule has 2 atom stereocenters. The van der Waals surface area contributed by atoms with E-state index in [0.717, 1.165) is 0 Å². The van der Waals surface area contributed by atoms with Crippen molar-refractivity contribution in [3.05, 3.63) is 10.2 Å². The molecule has 0 heterocycles. The molecule has 0 amide bonds. The van der Waals surface area contributed by atoms with Gasteiger partial charge in [-0.2, -0.15) is 0 Å².